The number of halogens is 3. The van der Waals surface area contributed by atoms with Crippen molar-refractivity contribution in [1.29, 1.82) is 0 Å². The van der Waals surface area contributed by atoms with Crippen molar-refractivity contribution in [3.63, 3.8) is 0 Å². The van der Waals surface area contributed by atoms with E-state index in [0.29, 0.717) is 5.02 Å². The molecule has 38 heavy (non-hydrogen) atoms. The van der Waals surface area contributed by atoms with E-state index in [1.165, 1.54) is 24.3 Å². The van der Waals surface area contributed by atoms with Gasteiger partial charge in [-0.1, -0.05) is 11.6 Å². The Kier molecular flexibility index (Phi) is 8.18. The molecular formula is C26H32ClF2NO6S2. The first kappa shape index (κ1) is 29.2. The molecule has 210 valence electrons. The molecule has 2 aliphatic heterocycles. The smallest absolute Gasteiger partial charge is 0.189 e. The van der Waals surface area contributed by atoms with Crippen LogP contribution in [-0.2, 0) is 29.2 Å². The monoisotopic (exact) mass is 591 g/mol. The molecule has 2 aliphatic rings. The lowest BCUT2D eigenvalue weighted by atomic mass is 9.75. The van der Waals surface area contributed by atoms with E-state index in [-0.39, 0.29) is 60.1 Å². The first-order valence-corrected chi connectivity index (χ1v) is 16.0. The van der Waals surface area contributed by atoms with Gasteiger partial charge in [-0.15, -0.1) is 0 Å². The number of nitrogens with one attached hydrogen (secondary N) is 1. The molecule has 0 radical (unpaired) electrons. The summed E-state index contributed by atoms with van der Waals surface area (Å²) in [4.78, 5) is -0.107. The van der Waals surface area contributed by atoms with Crippen LogP contribution in [0.3, 0.4) is 0 Å². The van der Waals surface area contributed by atoms with Crippen LogP contribution < -0.4 is 10.1 Å². The Bertz CT molecular complexity index is 1390. The predicted octanol–water partition coefficient (Wildman–Crippen LogP) is 4.28. The maximum Gasteiger partial charge on any atom is 0.189 e. The van der Waals surface area contributed by atoms with Gasteiger partial charge in [0, 0.05) is 29.6 Å². The van der Waals surface area contributed by atoms with Gasteiger partial charge in [0.05, 0.1) is 34.7 Å². The SMILES string of the molecule is CC(C)(C)NCCS(=O)(=O)CC[C@@H]1OCC[C@@]2(S(=O)(=O)c3ccc(Cl)cc3)c3c(F)ccc(F)c3OC[C@@H]12. The van der Waals surface area contributed by atoms with Crippen LogP contribution in [0, 0.1) is 17.6 Å². The molecule has 12 heteroatoms. The highest BCUT2D eigenvalue weighted by molar-refractivity contribution is 7.92. The zero-order chi connectivity index (χ0) is 27.9. The fourth-order valence-corrected chi connectivity index (χ4v) is 8.99. The highest BCUT2D eigenvalue weighted by Crippen LogP contribution is 2.55. The Labute approximate surface area is 227 Å². The summed E-state index contributed by atoms with van der Waals surface area (Å²) in [6.07, 6.45) is -1.05. The predicted molar refractivity (Wildman–Crippen MR) is 141 cm³/mol. The lowest BCUT2D eigenvalue weighted by Crippen LogP contribution is -2.57. The highest BCUT2D eigenvalue weighted by Gasteiger charge is 2.61. The summed E-state index contributed by atoms with van der Waals surface area (Å²) in [6, 6.07) is 7.26. The van der Waals surface area contributed by atoms with Crippen molar-refractivity contribution in [2.24, 2.45) is 5.92 Å². The molecule has 0 unspecified atom stereocenters. The fourth-order valence-electron chi connectivity index (χ4n) is 5.31. The van der Waals surface area contributed by atoms with Gasteiger partial charge in [0.15, 0.2) is 31.2 Å². The average Bonchev–Trinajstić information content (AvgIpc) is 2.83. The first-order valence-electron chi connectivity index (χ1n) is 12.4. The fraction of sp³-hybridized carbons (Fsp3) is 0.538. The summed E-state index contributed by atoms with van der Waals surface area (Å²) in [5.74, 6) is -3.57. The summed E-state index contributed by atoms with van der Waals surface area (Å²) >= 11 is 5.97. The molecule has 4 rings (SSSR count). The van der Waals surface area contributed by atoms with E-state index in [4.69, 9.17) is 21.1 Å². The Morgan fingerprint density at radius 3 is 2.34 bits per heavy atom. The van der Waals surface area contributed by atoms with Crippen LogP contribution in [0.1, 0.15) is 39.2 Å². The molecule has 0 aromatic heterocycles. The number of sulfone groups is 2. The van der Waals surface area contributed by atoms with E-state index < -0.39 is 53.8 Å². The molecule has 2 aromatic carbocycles. The van der Waals surface area contributed by atoms with Crippen molar-refractivity contribution < 1.29 is 35.1 Å². The third kappa shape index (κ3) is 5.58. The third-order valence-corrected chi connectivity index (χ3v) is 11.6. The van der Waals surface area contributed by atoms with Crippen LogP contribution in [0.4, 0.5) is 8.78 Å². The maximum atomic E-state index is 15.4. The standard InChI is InChI=1S/C26H32ClF2NO6S2/c1-25(2,3)30-12-15-37(31,32)14-10-22-19-16-36-24-21(29)9-8-20(28)23(24)26(19,11-13-35-22)38(33,34)18-6-4-17(27)5-7-18/h4-9,19,22,30H,10-16H2,1-3H3/t19-,22-,26-/m0/s1. The van der Waals surface area contributed by atoms with Crippen molar-refractivity contribution in [3.05, 3.63) is 58.6 Å². The number of ether oxygens (including phenoxy) is 2. The lowest BCUT2D eigenvalue weighted by Gasteiger charge is -2.50. The van der Waals surface area contributed by atoms with Crippen LogP contribution in [0.15, 0.2) is 41.3 Å². The summed E-state index contributed by atoms with van der Waals surface area (Å²) in [7, 11) is -7.87. The highest BCUT2D eigenvalue weighted by atomic mass is 35.5. The van der Waals surface area contributed by atoms with Gasteiger partial charge in [-0.3, -0.25) is 0 Å². The van der Waals surface area contributed by atoms with Crippen LogP contribution in [0.25, 0.3) is 0 Å². The van der Waals surface area contributed by atoms with Gasteiger partial charge in [-0.05, 0) is 70.0 Å². The Morgan fingerprint density at radius 2 is 1.68 bits per heavy atom. The van der Waals surface area contributed by atoms with Gasteiger partial charge in [0.1, 0.15) is 10.6 Å². The zero-order valence-corrected chi connectivity index (χ0v) is 23.9. The number of fused-ring (bicyclic) bond motifs is 3. The van der Waals surface area contributed by atoms with Crippen LogP contribution in [0.5, 0.6) is 5.75 Å². The van der Waals surface area contributed by atoms with Gasteiger partial charge >= 0.3 is 0 Å². The molecule has 3 atom stereocenters. The van der Waals surface area contributed by atoms with Crippen molar-refractivity contribution >= 4 is 31.3 Å². The summed E-state index contributed by atoms with van der Waals surface area (Å²) in [6.45, 7) is 5.68. The molecule has 1 saturated heterocycles. The molecule has 2 aromatic rings. The minimum Gasteiger partial charge on any atom is -0.490 e. The molecule has 0 saturated carbocycles. The molecule has 0 aliphatic carbocycles. The number of benzene rings is 2. The second kappa shape index (κ2) is 10.6. The molecule has 1 N–H and O–H groups in total. The second-order valence-corrected chi connectivity index (χ2v) is 15.7. The van der Waals surface area contributed by atoms with Gasteiger partial charge in [-0.2, -0.15) is 0 Å². The van der Waals surface area contributed by atoms with E-state index in [0.717, 1.165) is 12.1 Å². The van der Waals surface area contributed by atoms with Crippen molar-refractivity contribution in [2.45, 2.75) is 54.9 Å². The molecule has 1 fully saturated rings. The average molecular weight is 592 g/mol. The van der Waals surface area contributed by atoms with Crippen molar-refractivity contribution in [1.82, 2.24) is 5.32 Å². The van der Waals surface area contributed by atoms with Crippen LogP contribution >= 0.6 is 11.6 Å². The summed E-state index contributed by atoms with van der Waals surface area (Å²) in [5, 5.41) is 3.45. The lowest BCUT2D eigenvalue weighted by molar-refractivity contribution is -0.0732. The molecule has 0 amide bonds. The number of rotatable bonds is 8. The Morgan fingerprint density at radius 1 is 1.03 bits per heavy atom. The van der Waals surface area contributed by atoms with Gasteiger partial charge in [0.25, 0.3) is 0 Å². The summed E-state index contributed by atoms with van der Waals surface area (Å²) in [5.41, 5.74) is -0.627. The topological polar surface area (TPSA) is 98.8 Å². The summed E-state index contributed by atoms with van der Waals surface area (Å²) < 4.78 is 94.0. The zero-order valence-electron chi connectivity index (χ0n) is 21.5. The normalized spacial score (nSPS) is 23.8. The quantitative estimate of drug-likeness (QED) is 0.489. The van der Waals surface area contributed by atoms with Crippen molar-refractivity contribution in [2.75, 3.05) is 31.3 Å². The van der Waals surface area contributed by atoms with Crippen molar-refractivity contribution in [3.8, 4) is 5.75 Å². The van der Waals surface area contributed by atoms with Gasteiger partial charge in [0.2, 0.25) is 0 Å². The van der Waals surface area contributed by atoms with E-state index in [2.05, 4.69) is 5.32 Å². The van der Waals surface area contributed by atoms with Gasteiger partial charge < -0.3 is 14.8 Å². The minimum absolute atomic E-state index is 0.0178. The molecule has 2 heterocycles. The Hall–Kier alpha value is -1.79. The van der Waals surface area contributed by atoms with Crippen LogP contribution in [0.2, 0.25) is 5.02 Å². The Balaban J connectivity index is 1.73. The maximum absolute atomic E-state index is 15.4. The van der Waals surface area contributed by atoms with E-state index >= 15 is 4.39 Å². The van der Waals surface area contributed by atoms with E-state index in [1.807, 2.05) is 20.8 Å². The van der Waals surface area contributed by atoms with Crippen LogP contribution in [-0.4, -0.2) is 59.7 Å². The molecular weight excluding hydrogens is 560 g/mol. The minimum atomic E-state index is -4.36. The molecule has 7 nitrogen and oxygen atoms in total. The first-order chi connectivity index (χ1) is 17.7. The van der Waals surface area contributed by atoms with E-state index in [1.54, 1.807) is 0 Å². The number of hydrogen-bond donors (Lipinski definition) is 1. The van der Waals surface area contributed by atoms with Gasteiger partial charge in [-0.25, -0.2) is 25.6 Å². The second-order valence-electron chi connectivity index (χ2n) is 10.8. The third-order valence-electron chi connectivity index (χ3n) is 7.13. The largest absolute Gasteiger partial charge is 0.490 e. The number of hydrogen-bond acceptors (Lipinski definition) is 7. The molecule has 0 bridgehead atoms. The van der Waals surface area contributed by atoms with E-state index in [9.17, 15) is 21.2 Å². The molecule has 0 spiro atoms.